The molecule has 0 spiro atoms. The van der Waals surface area contributed by atoms with Crippen LogP contribution in [0.5, 0.6) is 5.75 Å². The molecule has 0 bridgehead atoms. The lowest BCUT2D eigenvalue weighted by Gasteiger charge is -2.15. The van der Waals surface area contributed by atoms with E-state index in [1.54, 1.807) is 12.1 Å². The molecule has 0 aliphatic heterocycles. The molecule has 1 unspecified atom stereocenters. The molecule has 102 valence electrons. The maximum Gasteiger partial charge on any atom is 0.208 e. The fourth-order valence-electron chi connectivity index (χ4n) is 1.63. The van der Waals surface area contributed by atoms with Crippen LogP contribution in [0.4, 0.5) is 0 Å². The molecule has 0 fully saturated rings. The van der Waals surface area contributed by atoms with Gasteiger partial charge in [0.2, 0.25) is 10.0 Å². The van der Waals surface area contributed by atoms with Crippen molar-refractivity contribution in [1.29, 1.82) is 0 Å². The van der Waals surface area contributed by atoms with Crippen molar-refractivity contribution in [2.24, 2.45) is 0 Å². The van der Waals surface area contributed by atoms with Crippen LogP contribution < -0.4 is 10.0 Å². The molecular weight excluding hydrogens is 252 g/mol. The second-order valence-electron chi connectivity index (χ2n) is 4.25. The predicted octanol–water partition coefficient (Wildman–Crippen LogP) is 0.982. The Morgan fingerprint density at radius 3 is 2.56 bits per heavy atom. The van der Waals surface area contributed by atoms with Gasteiger partial charge in [-0.15, -0.1) is 0 Å². The largest absolute Gasteiger partial charge is 0.508 e. The van der Waals surface area contributed by atoms with Crippen LogP contribution in [0, 0.1) is 0 Å². The summed E-state index contributed by atoms with van der Waals surface area (Å²) in [5.74, 6) is 0.270. The summed E-state index contributed by atoms with van der Waals surface area (Å²) in [5.41, 5.74) is 0.841. The van der Waals surface area contributed by atoms with Gasteiger partial charge in [-0.05, 0) is 26.0 Å². The summed E-state index contributed by atoms with van der Waals surface area (Å²) in [6, 6.07) is 7.20. The Morgan fingerprint density at radius 2 is 1.94 bits per heavy atom. The normalized spacial score (nSPS) is 13.4. The van der Waals surface area contributed by atoms with Crippen LogP contribution >= 0.6 is 0 Å². The number of rotatable bonds is 7. The van der Waals surface area contributed by atoms with Crippen molar-refractivity contribution in [2.45, 2.75) is 19.4 Å². The van der Waals surface area contributed by atoms with Crippen molar-refractivity contribution in [3.05, 3.63) is 29.8 Å². The van der Waals surface area contributed by atoms with E-state index in [1.165, 1.54) is 0 Å². The fourth-order valence-corrected chi connectivity index (χ4v) is 2.14. The highest BCUT2D eigenvalue weighted by Gasteiger charge is 2.08. The molecule has 1 aromatic carbocycles. The zero-order valence-electron chi connectivity index (χ0n) is 10.7. The second kappa shape index (κ2) is 6.72. The van der Waals surface area contributed by atoms with E-state index in [4.69, 9.17) is 0 Å². The summed E-state index contributed by atoms with van der Waals surface area (Å²) in [5, 5.41) is 12.9. The molecule has 0 aliphatic carbocycles. The molecule has 1 aromatic rings. The molecule has 1 atom stereocenters. The molecule has 1 rings (SSSR count). The zero-order chi connectivity index (χ0) is 13.6. The molecule has 0 amide bonds. The minimum absolute atomic E-state index is 0.0319. The monoisotopic (exact) mass is 272 g/mol. The topological polar surface area (TPSA) is 78.4 Å². The Labute approximate surface area is 108 Å². The number of benzene rings is 1. The third kappa shape index (κ3) is 5.48. The number of para-hydroxylation sites is 1. The summed E-state index contributed by atoms with van der Waals surface area (Å²) in [6.45, 7) is 3.05. The Morgan fingerprint density at radius 1 is 1.28 bits per heavy atom. The van der Waals surface area contributed by atoms with Crippen molar-refractivity contribution in [1.82, 2.24) is 10.0 Å². The summed E-state index contributed by atoms with van der Waals surface area (Å²) in [4.78, 5) is 0. The molecule has 3 N–H and O–H groups in total. The van der Waals surface area contributed by atoms with Gasteiger partial charge < -0.3 is 10.4 Å². The van der Waals surface area contributed by atoms with Gasteiger partial charge in [0.25, 0.3) is 0 Å². The van der Waals surface area contributed by atoms with Crippen LogP contribution in [0.2, 0.25) is 0 Å². The van der Waals surface area contributed by atoms with E-state index in [0.717, 1.165) is 11.8 Å². The summed E-state index contributed by atoms with van der Waals surface area (Å²) in [7, 11) is -3.10. The molecule has 0 aliphatic rings. The van der Waals surface area contributed by atoms with Gasteiger partial charge in [0.15, 0.2) is 0 Å². The molecule has 5 nitrogen and oxygen atoms in total. The lowest BCUT2D eigenvalue weighted by molar-refractivity contribution is 0.452. The van der Waals surface area contributed by atoms with Crippen LogP contribution in [0.25, 0.3) is 0 Å². The Kier molecular flexibility index (Phi) is 5.58. The highest BCUT2D eigenvalue weighted by atomic mass is 32.2. The SMILES string of the molecule is CC(NCCCNS(C)(=O)=O)c1ccccc1O. The highest BCUT2D eigenvalue weighted by molar-refractivity contribution is 7.88. The van der Waals surface area contributed by atoms with E-state index in [0.29, 0.717) is 19.5 Å². The first-order chi connectivity index (χ1) is 8.40. The standard InChI is InChI=1S/C12H20N2O3S/c1-10(11-6-3-4-7-12(11)15)13-8-5-9-14-18(2,16)17/h3-4,6-7,10,13-15H,5,8-9H2,1-2H3. The molecule has 6 heteroatoms. The van der Waals surface area contributed by atoms with Crippen molar-refractivity contribution >= 4 is 10.0 Å². The van der Waals surface area contributed by atoms with E-state index in [2.05, 4.69) is 10.0 Å². The smallest absolute Gasteiger partial charge is 0.208 e. The average molecular weight is 272 g/mol. The number of nitrogens with one attached hydrogen (secondary N) is 2. The third-order valence-electron chi connectivity index (χ3n) is 2.57. The predicted molar refractivity (Wildman–Crippen MR) is 72.0 cm³/mol. The van der Waals surface area contributed by atoms with Crippen LogP contribution in [-0.2, 0) is 10.0 Å². The van der Waals surface area contributed by atoms with E-state index >= 15 is 0 Å². The molecule has 0 saturated carbocycles. The van der Waals surface area contributed by atoms with Gasteiger partial charge in [-0.1, -0.05) is 18.2 Å². The van der Waals surface area contributed by atoms with Gasteiger partial charge in [0.05, 0.1) is 6.26 Å². The first-order valence-corrected chi connectivity index (χ1v) is 7.75. The number of aromatic hydroxyl groups is 1. The van der Waals surface area contributed by atoms with Crippen molar-refractivity contribution in [3.8, 4) is 5.75 Å². The fraction of sp³-hybridized carbons (Fsp3) is 0.500. The van der Waals surface area contributed by atoms with Crippen LogP contribution in [0.3, 0.4) is 0 Å². The van der Waals surface area contributed by atoms with Gasteiger partial charge in [0.1, 0.15) is 5.75 Å². The lowest BCUT2D eigenvalue weighted by atomic mass is 10.1. The molecule has 0 heterocycles. The third-order valence-corrected chi connectivity index (χ3v) is 3.30. The number of hydrogen-bond donors (Lipinski definition) is 3. The maximum absolute atomic E-state index is 10.8. The van der Waals surface area contributed by atoms with Gasteiger partial charge in [-0.25, -0.2) is 13.1 Å². The summed E-state index contributed by atoms with van der Waals surface area (Å²) >= 11 is 0. The van der Waals surface area contributed by atoms with E-state index in [9.17, 15) is 13.5 Å². The average Bonchev–Trinajstić information content (AvgIpc) is 2.27. The van der Waals surface area contributed by atoms with E-state index in [1.807, 2.05) is 19.1 Å². The minimum atomic E-state index is -3.10. The molecule has 0 saturated heterocycles. The van der Waals surface area contributed by atoms with Gasteiger partial charge in [-0.3, -0.25) is 0 Å². The number of sulfonamides is 1. The first kappa shape index (κ1) is 14.9. The highest BCUT2D eigenvalue weighted by Crippen LogP contribution is 2.22. The number of hydrogen-bond acceptors (Lipinski definition) is 4. The lowest BCUT2D eigenvalue weighted by Crippen LogP contribution is -2.27. The maximum atomic E-state index is 10.8. The van der Waals surface area contributed by atoms with Crippen LogP contribution in [0.1, 0.15) is 24.9 Å². The molecular formula is C12H20N2O3S. The second-order valence-corrected chi connectivity index (χ2v) is 6.09. The van der Waals surface area contributed by atoms with Crippen molar-refractivity contribution < 1.29 is 13.5 Å². The van der Waals surface area contributed by atoms with Crippen molar-refractivity contribution in [2.75, 3.05) is 19.3 Å². The molecule has 0 radical (unpaired) electrons. The van der Waals surface area contributed by atoms with E-state index in [-0.39, 0.29) is 11.8 Å². The zero-order valence-corrected chi connectivity index (χ0v) is 11.5. The Hall–Kier alpha value is -1.11. The van der Waals surface area contributed by atoms with Crippen LogP contribution in [-0.4, -0.2) is 32.9 Å². The first-order valence-electron chi connectivity index (χ1n) is 5.86. The molecule has 18 heavy (non-hydrogen) atoms. The van der Waals surface area contributed by atoms with Crippen molar-refractivity contribution in [3.63, 3.8) is 0 Å². The van der Waals surface area contributed by atoms with E-state index < -0.39 is 10.0 Å². The number of phenolic OH excluding ortho intramolecular Hbond substituents is 1. The van der Waals surface area contributed by atoms with Crippen LogP contribution in [0.15, 0.2) is 24.3 Å². The van der Waals surface area contributed by atoms with Gasteiger partial charge in [-0.2, -0.15) is 0 Å². The summed E-state index contributed by atoms with van der Waals surface area (Å²) in [6.07, 6.45) is 1.84. The number of phenols is 1. The quantitative estimate of drug-likeness (QED) is 0.647. The molecule has 0 aromatic heterocycles. The van der Waals surface area contributed by atoms with Gasteiger partial charge >= 0.3 is 0 Å². The minimum Gasteiger partial charge on any atom is -0.508 e. The van der Waals surface area contributed by atoms with Gasteiger partial charge in [0, 0.05) is 18.2 Å². The Balaban J connectivity index is 2.30. The summed E-state index contributed by atoms with van der Waals surface area (Å²) < 4.78 is 24.1. The Bertz CT molecular complexity index is 474.